The van der Waals surface area contributed by atoms with Crippen molar-refractivity contribution in [3.05, 3.63) is 82.8 Å². The summed E-state index contributed by atoms with van der Waals surface area (Å²) in [6, 6.07) is 17.9. The van der Waals surface area contributed by atoms with Gasteiger partial charge in [0.25, 0.3) is 31.2 Å². The Labute approximate surface area is 370 Å². The first kappa shape index (κ1) is 41.6. The fraction of sp³-hybridized carbons (Fsp3) is 0. The molecule has 0 saturated carbocycles. The maximum Gasteiger partial charge on any atom is 1.00 e. The summed E-state index contributed by atoms with van der Waals surface area (Å²) in [5.74, 6) is -1.28. The average molecular weight is 827 g/mol. The second kappa shape index (κ2) is 14.5. The summed E-state index contributed by atoms with van der Waals surface area (Å²) in [5.41, 5.74) is -0.0589. The molecule has 0 spiro atoms. The average Bonchev–Trinajstić information content (AvgIpc) is 3.02. The molecule has 0 aliphatic rings. The quantitative estimate of drug-likeness (QED) is 0.0556. The van der Waals surface area contributed by atoms with Gasteiger partial charge in [0.05, 0.1) is 26.5 Å². The summed E-state index contributed by atoms with van der Waals surface area (Å²) in [7, 11) is -16.1. The molecule has 7 aromatic carbocycles. The van der Waals surface area contributed by atoms with Crippen molar-refractivity contribution < 1.29 is 140 Å². The molecule has 1 aromatic heterocycles. The Bertz CT molecular complexity index is 3150. The Morgan fingerprint density at radius 3 is 1.33 bits per heavy atom. The smallest absolute Gasteiger partial charge is 0.716 e. The molecule has 13 nitrogen and oxygen atoms in total. The van der Waals surface area contributed by atoms with Crippen LogP contribution in [-0.4, -0.2) is 43.9 Å². The molecule has 0 saturated heterocycles. The number of pyridine rings is 1. The van der Waals surface area contributed by atoms with Gasteiger partial charge in [-0.25, -0.2) is 30.2 Å². The Balaban J connectivity index is 0.00000174. The Morgan fingerprint density at radius 1 is 0.423 bits per heavy atom. The second-order valence-electron chi connectivity index (χ2n) is 10.8. The molecule has 0 bridgehead atoms. The fourth-order valence-electron chi connectivity index (χ4n) is 6.54. The third kappa shape index (κ3) is 6.94. The Kier molecular flexibility index (Phi) is 11.6. The molecule has 0 aliphatic heterocycles. The van der Waals surface area contributed by atoms with Crippen molar-refractivity contribution in [2.24, 2.45) is 0 Å². The minimum absolute atomic E-state index is 0. The zero-order valence-electron chi connectivity index (χ0n) is 26.8. The number of nitrogens with zero attached hydrogens (tertiary/aromatic N) is 1. The van der Waals surface area contributed by atoms with Crippen LogP contribution in [0.15, 0.2) is 72.8 Å². The molecule has 0 unspecified atom stereocenters. The first-order valence-corrected chi connectivity index (χ1v) is 18.4. The van der Waals surface area contributed by atoms with E-state index in [1.54, 1.807) is 30.3 Å². The summed E-state index contributed by atoms with van der Waals surface area (Å²) in [6.07, 6.45) is 0. The van der Waals surface area contributed by atoms with Crippen LogP contribution in [0.1, 0.15) is 0 Å². The topological polar surface area (TPSA) is 212 Å². The van der Waals surface area contributed by atoms with Crippen LogP contribution in [0.3, 0.4) is 0 Å². The van der Waals surface area contributed by atoms with Gasteiger partial charge in [0.2, 0.25) is 0 Å². The predicted molar refractivity (Wildman–Crippen MR) is 179 cm³/mol. The van der Waals surface area contributed by atoms with Crippen molar-refractivity contribution in [1.82, 2.24) is 4.98 Å². The number of hydrogen-bond acceptors (Lipinski definition) is 13. The van der Waals surface area contributed by atoms with Crippen LogP contribution in [0.4, 0.5) is 0 Å². The van der Waals surface area contributed by atoms with Gasteiger partial charge in [-0.2, -0.15) is 0 Å². The van der Waals surface area contributed by atoms with Crippen LogP contribution < -0.4 is 101 Å². The SMILES string of the molecule is O=S(=O)([O-])Oc1c2ccccc2c(OS(=O)(=O)[O-])c2c1ccc1c3ccc4c(OS(=O)(=O)[O-])c5ccccc5c5c(Cl)c(Cl)c(nc12)c3c45.[Na+].[Na+].[Na+]. The van der Waals surface area contributed by atoms with Gasteiger partial charge in [-0.05, 0) is 22.9 Å². The predicted octanol–water partition coefficient (Wildman–Crippen LogP) is -2.57. The minimum atomic E-state index is -5.46. The molecule has 52 heavy (non-hydrogen) atoms. The van der Waals surface area contributed by atoms with Crippen LogP contribution in [0.5, 0.6) is 17.2 Å². The van der Waals surface area contributed by atoms with Gasteiger partial charge < -0.3 is 26.2 Å². The van der Waals surface area contributed by atoms with E-state index in [1.807, 2.05) is 0 Å². The molecular formula is C31H12Cl2NNa3O12S3. The van der Waals surface area contributed by atoms with Crippen molar-refractivity contribution in [2.45, 2.75) is 0 Å². The van der Waals surface area contributed by atoms with Crippen molar-refractivity contribution in [3.63, 3.8) is 0 Å². The number of aromatic nitrogens is 1. The van der Waals surface area contributed by atoms with E-state index in [0.29, 0.717) is 26.9 Å². The summed E-state index contributed by atoms with van der Waals surface area (Å²) in [6.45, 7) is 0. The first-order valence-electron chi connectivity index (χ1n) is 13.7. The number of rotatable bonds is 6. The number of benzene rings is 7. The maximum absolute atomic E-state index is 12.1. The molecule has 8 rings (SSSR count). The molecule has 0 radical (unpaired) electrons. The molecule has 21 heteroatoms. The standard InChI is InChI=1S/C31H15Cl2NO12S3.3Na/c32-25-22-13-5-1-2-6-16(13)29(44-47(35,36)37)19-11-9-14-15-10-12-20-24(27(15)34-28(26(25)33)23(14)21(19)22)31(46-49(41,42)43)18-8-4-3-7-17(18)30(20)45-48(38,39)40;;;/h1-12H,(H,35,36,37)(H,38,39,40)(H,41,42,43);;;/q;3*+1/p-3. The van der Waals surface area contributed by atoms with Gasteiger partial charge in [0.15, 0.2) is 17.2 Å². The van der Waals surface area contributed by atoms with Gasteiger partial charge in [-0.15, -0.1) is 0 Å². The zero-order chi connectivity index (χ0) is 34.8. The fourth-order valence-corrected chi connectivity index (χ4v) is 8.21. The third-order valence-corrected chi connectivity index (χ3v) is 10.1. The number of fused-ring (bicyclic) bond motifs is 7. The monoisotopic (exact) mass is 825 g/mol. The first-order chi connectivity index (χ1) is 23.0. The van der Waals surface area contributed by atoms with Crippen LogP contribution in [0.25, 0.3) is 75.7 Å². The van der Waals surface area contributed by atoms with Crippen molar-refractivity contribution >= 4 is 130 Å². The molecule has 248 valence electrons. The van der Waals surface area contributed by atoms with E-state index in [-0.39, 0.29) is 153 Å². The van der Waals surface area contributed by atoms with E-state index < -0.39 is 42.7 Å². The second-order valence-corrected chi connectivity index (χ2v) is 14.5. The van der Waals surface area contributed by atoms with Crippen molar-refractivity contribution in [2.75, 3.05) is 0 Å². The van der Waals surface area contributed by atoms with Gasteiger partial charge >= 0.3 is 88.7 Å². The number of hydrogen-bond donors (Lipinski definition) is 0. The zero-order valence-corrected chi connectivity index (χ0v) is 36.7. The van der Waals surface area contributed by atoms with Gasteiger partial charge in [-0.3, -0.25) is 0 Å². The van der Waals surface area contributed by atoms with E-state index in [0.717, 1.165) is 0 Å². The molecule has 8 aromatic rings. The van der Waals surface area contributed by atoms with E-state index in [9.17, 15) is 38.9 Å². The normalized spacial score (nSPS) is 12.3. The molecule has 0 amide bonds. The molecule has 0 aliphatic carbocycles. The number of halogens is 2. The van der Waals surface area contributed by atoms with E-state index >= 15 is 0 Å². The van der Waals surface area contributed by atoms with Crippen LogP contribution in [0.2, 0.25) is 10.0 Å². The van der Waals surface area contributed by atoms with Gasteiger partial charge in [0, 0.05) is 48.5 Å². The van der Waals surface area contributed by atoms with Crippen LogP contribution >= 0.6 is 23.2 Å². The molecule has 0 atom stereocenters. The summed E-state index contributed by atoms with van der Waals surface area (Å²) >= 11 is 13.8. The van der Waals surface area contributed by atoms with E-state index in [2.05, 4.69) is 0 Å². The van der Waals surface area contributed by atoms with Gasteiger partial charge in [-0.1, -0.05) is 83.9 Å². The maximum atomic E-state index is 12.1. The third-order valence-electron chi connectivity index (χ3n) is 8.13. The van der Waals surface area contributed by atoms with Crippen molar-refractivity contribution in [1.29, 1.82) is 0 Å². The van der Waals surface area contributed by atoms with Crippen LogP contribution in [-0.2, 0) is 31.2 Å². The summed E-state index contributed by atoms with van der Waals surface area (Å²) in [5, 5.41) is 1.90. The van der Waals surface area contributed by atoms with Crippen molar-refractivity contribution in [3.8, 4) is 17.2 Å². The van der Waals surface area contributed by atoms with Gasteiger partial charge in [0.1, 0.15) is 0 Å². The molecule has 1 heterocycles. The van der Waals surface area contributed by atoms with Crippen LogP contribution in [0, 0.1) is 0 Å². The molecular weight excluding hydrogens is 814 g/mol. The largest absolute Gasteiger partial charge is 1.00 e. The summed E-state index contributed by atoms with van der Waals surface area (Å²) in [4.78, 5) is 4.74. The van der Waals surface area contributed by atoms with E-state index in [1.165, 1.54) is 42.5 Å². The minimum Gasteiger partial charge on any atom is -0.716 e. The van der Waals surface area contributed by atoms with E-state index in [4.69, 9.17) is 40.7 Å². The Morgan fingerprint density at radius 2 is 0.808 bits per heavy atom. The Hall–Kier alpha value is -1.52. The molecule has 0 N–H and O–H groups in total. The molecule has 0 fully saturated rings. The summed E-state index contributed by atoms with van der Waals surface area (Å²) < 4.78 is 122.